The number of hydrogen-bond donors (Lipinski definition) is 1. The first-order valence-electron chi connectivity index (χ1n) is 12.5. The first-order chi connectivity index (χ1) is 15.7. The number of ether oxygens (including phenoxy) is 1. The minimum atomic E-state index is -0.0252. The molecule has 2 aromatic carbocycles. The molecule has 2 aromatic rings. The molecule has 3 unspecified atom stereocenters. The van der Waals surface area contributed by atoms with Crippen LogP contribution in [0.3, 0.4) is 0 Å². The molecule has 2 aliphatic rings. The summed E-state index contributed by atoms with van der Waals surface area (Å²) in [6, 6.07) is 17.6. The molecule has 4 heteroatoms. The van der Waals surface area contributed by atoms with Crippen molar-refractivity contribution >= 4 is 5.91 Å². The van der Waals surface area contributed by atoms with E-state index in [9.17, 15) is 4.79 Å². The van der Waals surface area contributed by atoms with Gasteiger partial charge in [-0.1, -0.05) is 62.2 Å². The summed E-state index contributed by atoms with van der Waals surface area (Å²) in [4.78, 5) is 15.3. The van der Waals surface area contributed by atoms with Gasteiger partial charge in [-0.2, -0.15) is 0 Å². The summed E-state index contributed by atoms with van der Waals surface area (Å²) >= 11 is 0. The number of methoxy groups -OCH3 is 1. The van der Waals surface area contributed by atoms with Crippen molar-refractivity contribution < 1.29 is 9.53 Å². The van der Waals surface area contributed by atoms with E-state index in [-0.39, 0.29) is 5.92 Å². The lowest BCUT2D eigenvalue weighted by atomic mass is 9.83. The largest absolute Gasteiger partial charge is 0.496 e. The molecule has 0 radical (unpaired) electrons. The van der Waals surface area contributed by atoms with Gasteiger partial charge < -0.3 is 15.0 Å². The van der Waals surface area contributed by atoms with Crippen LogP contribution in [-0.2, 0) is 4.79 Å². The molecular weight excluding hydrogens is 396 g/mol. The standard InChI is InChI=1S/C28H38N2O2/c1-3-24(28(31)30-18-8-4-5-9-19-30)21-12-14-22(15-13-21)26-20-23(16-17-29-26)25-10-6-7-11-27(25)32-2/h6-7,10-15,23-24,26,29H,3-5,8-9,16-20H2,1-2H3. The summed E-state index contributed by atoms with van der Waals surface area (Å²) in [6.07, 6.45) is 7.82. The van der Waals surface area contributed by atoms with Gasteiger partial charge in [0.2, 0.25) is 5.91 Å². The highest BCUT2D eigenvalue weighted by molar-refractivity contribution is 5.83. The monoisotopic (exact) mass is 434 g/mol. The quantitative estimate of drug-likeness (QED) is 0.625. The van der Waals surface area contributed by atoms with Crippen molar-refractivity contribution in [3.8, 4) is 5.75 Å². The Hall–Kier alpha value is -2.33. The lowest BCUT2D eigenvalue weighted by Crippen LogP contribution is -2.35. The molecule has 3 atom stereocenters. The fraction of sp³-hybridized carbons (Fsp3) is 0.536. The van der Waals surface area contributed by atoms with Crippen LogP contribution in [0.5, 0.6) is 5.75 Å². The van der Waals surface area contributed by atoms with Gasteiger partial charge in [-0.15, -0.1) is 0 Å². The van der Waals surface area contributed by atoms with Gasteiger partial charge in [-0.05, 0) is 67.3 Å². The van der Waals surface area contributed by atoms with E-state index in [0.717, 1.165) is 63.1 Å². The van der Waals surface area contributed by atoms with Crippen LogP contribution in [0.15, 0.2) is 48.5 Å². The third-order valence-corrected chi connectivity index (χ3v) is 7.35. The van der Waals surface area contributed by atoms with Crippen molar-refractivity contribution in [2.45, 2.75) is 69.7 Å². The average molecular weight is 435 g/mol. The topological polar surface area (TPSA) is 41.6 Å². The third kappa shape index (κ3) is 5.17. The Kier molecular flexibility index (Phi) is 7.85. The maximum Gasteiger partial charge on any atom is 0.230 e. The van der Waals surface area contributed by atoms with Crippen LogP contribution in [0.25, 0.3) is 0 Å². The molecule has 0 saturated carbocycles. The Bertz CT molecular complexity index is 871. The summed E-state index contributed by atoms with van der Waals surface area (Å²) in [6.45, 7) is 4.97. The SMILES string of the molecule is CCC(C(=O)N1CCCCCC1)c1ccc(C2CC(c3ccccc3OC)CCN2)cc1. The van der Waals surface area contributed by atoms with Gasteiger partial charge in [0.15, 0.2) is 0 Å². The molecule has 32 heavy (non-hydrogen) atoms. The van der Waals surface area contributed by atoms with Gasteiger partial charge in [0, 0.05) is 19.1 Å². The molecular formula is C28H38N2O2. The highest BCUT2D eigenvalue weighted by Crippen LogP contribution is 2.38. The predicted molar refractivity (Wildman–Crippen MR) is 130 cm³/mol. The number of amides is 1. The molecule has 1 amide bonds. The van der Waals surface area contributed by atoms with Gasteiger partial charge in [0.1, 0.15) is 5.75 Å². The molecule has 2 aliphatic heterocycles. The maximum absolute atomic E-state index is 13.2. The van der Waals surface area contributed by atoms with E-state index in [1.54, 1.807) is 7.11 Å². The van der Waals surface area contributed by atoms with Crippen molar-refractivity contribution in [3.05, 3.63) is 65.2 Å². The highest BCUT2D eigenvalue weighted by atomic mass is 16.5. The number of carbonyl (C=O) groups excluding carboxylic acids is 1. The van der Waals surface area contributed by atoms with Gasteiger partial charge in [-0.3, -0.25) is 4.79 Å². The Morgan fingerprint density at radius 2 is 1.78 bits per heavy atom. The van der Waals surface area contributed by atoms with Crippen molar-refractivity contribution in [1.82, 2.24) is 10.2 Å². The van der Waals surface area contributed by atoms with Crippen molar-refractivity contribution in [1.29, 1.82) is 0 Å². The minimum absolute atomic E-state index is 0.0252. The summed E-state index contributed by atoms with van der Waals surface area (Å²) in [5.74, 6) is 1.77. The average Bonchev–Trinajstić information content (AvgIpc) is 3.15. The molecule has 172 valence electrons. The molecule has 0 aromatic heterocycles. The van der Waals surface area contributed by atoms with E-state index in [2.05, 4.69) is 59.6 Å². The van der Waals surface area contributed by atoms with Crippen LogP contribution < -0.4 is 10.1 Å². The Labute approximate surface area is 193 Å². The van der Waals surface area contributed by atoms with Gasteiger partial charge in [-0.25, -0.2) is 0 Å². The van der Waals surface area contributed by atoms with Crippen molar-refractivity contribution in [2.24, 2.45) is 0 Å². The first-order valence-corrected chi connectivity index (χ1v) is 12.5. The highest BCUT2D eigenvalue weighted by Gasteiger charge is 2.28. The Balaban J connectivity index is 1.45. The second kappa shape index (κ2) is 11.0. The number of nitrogens with zero attached hydrogens (tertiary/aromatic N) is 1. The molecule has 4 rings (SSSR count). The van der Waals surface area contributed by atoms with Crippen LogP contribution in [0.4, 0.5) is 0 Å². The van der Waals surface area contributed by atoms with Crippen molar-refractivity contribution in [2.75, 3.05) is 26.7 Å². The zero-order chi connectivity index (χ0) is 22.3. The molecule has 2 saturated heterocycles. The second-order valence-electron chi connectivity index (χ2n) is 9.34. The number of para-hydroxylation sites is 1. The van der Waals surface area contributed by atoms with E-state index in [4.69, 9.17) is 4.74 Å². The molecule has 1 N–H and O–H groups in total. The van der Waals surface area contributed by atoms with E-state index < -0.39 is 0 Å². The number of carbonyl (C=O) groups is 1. The maximum atomic E-state index is 13.2. The minimum Gasteiger partial charge on any atom is -0.496 e. The molecule has 4 nitrogen and oxygen atoms in total. The lowest BCUT2D eigenvalue weighted by Gasteiger charge is -2.32. The molecule has 0 aliphatic carbocycles. The van der Waals surface area contributed by atoms with Gasteiger partial charge in [0.05, 0.1) is 13.0 Å². The van der Waals surface area contributed by atoms with Crippen LogP contribution in [0, 0.1) is 0 Å². The number of nitrogens with one attached hydrogen (secondary N) is 1. The summed E-state index contributed by atoms with van der Waals surface area (Å²) < 4.78 is 5.62. The second-order valence-corrected chi connectivity index (χ2v) is 9.34. The van der Waals surface area contributed by atoms with E-state index in [1.165, 1.54) is 24.0 Å². The number of piperidine rings is 1. The van der Waals surface area contributed by atoms with E-state index in [1.807, 2.05) is 6.07 Å². The Morgan fingerprint density at radius 1 is 1.06 bits per heavy atom. The molecule has 0 bridgehead atoms. The number of benzene rings is 2. The normalized spacial score (nSPS) is 22.8. The van der Waals surface area contributed by atoms with Gasteiger partial charge in [0.25, 0.3) is 0 Å². The molecule has 2 heterocycles. The zero-order valence-corrected chi connectivity index (χ0v) is 19.7. The van der Waals surface area contributed by atoms with Crippen LogP contribution >= 0.6 is 0 Å². The van der Waals surface area contributed by atoms with Crippen LogP contribution in [0.1, 0.15) is 86.4 Å². The van der Waals surface area contributed by atoms with Crippen LogP contribution in [0.2, 0.25) is 0 Å². The molecule has 2 fully saturated rings. The number of hydrogen-bond acceptors (Lipinski definition) is 3. The zero-order valence-electron chi connectivity index (χ0n) is 19.7. The lowest BCUT2D eigenvalue weighted by molar-refractivity contribution is -0.132. The first kappa shape index (κ1) is 22.8. The summed E-state index contributed by atoms with van der Waals surface area (Å²) in [7, 11) is 1.76. The van der Waals surface area contributed by atoms with Crippen molar-refractivity contribution in [3.63, 3.8) is 0 Å². The van der Waals surface area contributed by atoms with E-state index in [0.29, 0.717) is 17.9 Å². The predicted octanol–water partition coefficient (Wildman–Crippen LogP) is 5.80. The van der Waals surface area contributed by atoms with E-state index >= 15 is 0 Å². The Morgan fingerprint density at radius 3 is 2.47 bits per heavy atom. The fourth-order valence-electron chi connectivity index (χ4n) is 5.48. The number of rotatable bonds is 6. The fourth-order valence-corrected chi connectivity index (χ4v) is 5.48. The van der Waals surface area contributed by atoms with Gasteiger partial charge >= 0.3 is 0 Å². The smallest absolute Gasteiger partial charge is 0.230 e. The molecule has 0 spiro atoms. The summed E-state index contributed by atoms with van der Waals surface area (Å²) in [5.41, 5.74) is 3.78. The van der Waals surface area contributed by atoms with Crippen LogP contribution in [-0.4, -0.2) is 37.6 Å². The third-order valence-electron chi connectivity index (χ3n) is 7.35. The summed E-state index contributed by atoms with van der Waals surface area (Å²) in [5, 5.41) is 3.70. The number of likely N-dealkylation sites (tertiary alicyclic amines) is 1.